The fraction of sp³-hybridized carbons (Fsp3) is 0.969. The second kappa shape index (κ2) is 63.1. The summed E-state index contributed by atoms with van der Waals surface area (Å²) in [6, 6.07) is 0. The van der Waals surface area contributed by atoms with Crippen molar-refractivity contribution in [3.8, 4) is 0 Å². The Hall–Kier alpha value is -1.06. The lowest BCUT2D eigenvalue weighted by atomic mass is 10.0. The van der Waals surface area contributed by atoms with Crippen molar-refractivity contribution in [3.63, 3.8) is 0 Å². The first-order valence-corrected chi connectivity index (χ1v) is 32.7. The van der Waals surface area contributed by atoms with Gasteiger partial charge in [-0.05, 0) is 12.8 Å². The maximum Gasteiger partial charge on any atom is 0.217 e. The summed E-state index contributed by atoms with van der Waals surface area (Å²) >= 11 is 0. The summed E-state index contributed by atoms with van der Waals surface area (Å²) < 4.78 is 0. The van der Waals surface area contributed by atoms with E-state index in [-0.39, 0.29) is 11.8 Å². The number of hydrogen-bond acceptors (Lipinski definition) is 2. The molecule has 4 nitrogen and oxygen atoms in total. The number of primary amides is 2. The highest BCUT2D eigenvalue weighted by Gasteiger charge is 2.01. The maximum absolute atomic E-state index is 10.8. The zero-order valence-corrected chi connectivity index (χ0v) is 47.5. The van der Waals surface area contributed by atoms with Gasteiger partial charge in [-0.25, -0.2) is 0 Å². The molecule has 0 saturated carbocycles. The molecule has 4 N–H and O–H groups in total. The average molecular weight is 972 g/mol. The minimum Gasteiger partial charge on any atom is -0.370 e. The third-order valence-corrected chi connectivity index (χ3v) is 15.8. The molecule has 0 spiro atoms. The third kappa shape index (κ3) is 66.9. The number of hydrogen-bond donors (Lipinski definition) is 2. The highest BCUT2D eigenvalue weighted by atomic mass is 16.1. The van der Waals surface area contributed by atoms with Gasteiger partial charge in [0, 0.05) is 12.8 Å². The largest absolute Gasteiger partial charge is 0.370 e. The molecule has 0 radical (unpaired) electrons. The van der Waals surface area contributed by atoms with Crippen LogP contribution in [0.1, 0.15) is 405 Å². The summed E-state index contributed by atoms with van der Waals surface area (Å²) in [5.74, 6) is -0.294. The van der Waals surface area contributed by atoms with Gasteiger partial charge in [0.2, 0.25) is 11.8 Å². The van der Waals surface area contributed by atoms with Crippen LogP contribution in [0.5, 0.6) is 0 Å². The Morgan fingerprint density at radius 2 is 0.188 bits per heavy atom. The van der Waals surface area contributed by atoms with Crippen LogP contribution in [0.15, 0.2) is 0 Å². The molecule has 0 aliphatic heterocycles. The van der Waals surface area contributed by atoms with Gasteiger partial charge in [0.1, 0.15) is 0 Å². The van der Waals surface area contributed by atoms with Crippen LogP contribution < -0.4 is 11.5 Å². The van der Waals surface area contributed by atoms with E-state index in [0.29, 0.717) is 12.8 Å². The summed E-state index contributed by atoms with van der Waals surface area (Å²) in [7, 11) is 0. The molecule has 2 amide bonds. The lowest BCUT2D eigenvalue weighted by Gasteiger charge is -2.05. The monoisotopic (exact) mass is 971 g/mol. The molecule has 0 heterocycles. The molecule has 0 saturated heterocycles. The lowest BCUT2D eigenvalue weighted by Crippen LogP contribution is -2.09. The lowest BCUT2D eigenvalue weighted by molar-refractivity contribution is -0.119. The molecule has 0 rings (SSSR count). The van der Waals surface area contributed by atoms with Crippen molar-refractivity contribution in [2.24, 2.45) is 11.5 Å². The van der Waals surface area contributed by atoms with Crippen molar-refractivity contribution >= 4 is 11.8 Å². The first-order valence-electron chi connectivity index (χ1n) is 32.7. The van der Waals surface area contributed by atoms with E-state index in [4.69, 9.17) is 11.5 Å². The SMILES string of the molecule is NC(=O)CCCCCCCCCCCCCCCCCCCCCCCCCCCCCCCCCCCCCCCCCCCCCCCCCCCCCCCCCCCCCCCC(N)=O. The van der Waals surface area contributed by atoms with Crippen molar-refractivity contribution in [1.29, 1.82) is 0 Å². The van der Waals surface area contributed by atoms with Crippen LogP contribution in [-0.4, -0.2) is 11.8 Å². The molecule has 412 valence electrons. The fourth-order valence-electron chi connectivity index (χ4n) is 11.0. The summed E-state index contributed by atoms with van der Waals surface area (Å²) in [4.78, 5) is 21.5. The van der Waals surface area contributed by atoms with Crippen LogP contribution in [-0.2, 0) is 9.59 Å². The molecule has 0 unspecified atom stereocenters. The Balaban J connectivity index is 3.08. The molecule has 69 heavy (non-hydrogen) atoms. The van der Waals surface area contributed by atoms with Gasteiger partial charge in [-0.15, -0.1) is 0 Å². The van der Waals surface area contributed by atoms with E-state index in [1.807, 2.05) is 0 Å². The Morgan fingerprint density at radius 1 is 0.130 bits per heavy atom. The van der Waals surface area contributed by atoms with Gasteiger partial charge in [-0.3, -0.25) is 9.59 Å². The van der Waals surface area contributed by atoms with Gasteiger partial charge in [-0.2, -0.15) is 0 Å². The van der Waals surface area contributed by atoms with Gasteiger partial charge < -0.3 is 11.5 Å². The van der Waals surface area contributed by atoms with Crippen molar-refractivity contribution in [2.75, 3.05) is 0 Å². The van der Waals surface area contributed by atoms with Crippen molar-refractivity contribution in [2.45, 2.75) is 405 Å². The molecule has 0 aromatic rings. The fourth-order valence-corrected chi connectivity index (χ4v) is 11.0. The predicted octanol–water partition coefficient (Wildman–Crippen LogP) is 22.5. The van der Waals surface area contributed by atoms with E-state index >= 15 is 0 Å². The number of amides is 2. The van der Waals surface area contributed by atoms with E-state index in [1.54, 1.807) is 0 Å². The Labute approximate surface area is 435 Å². The molecular weight excluding hydrogens is 841 g/mol. The standard InChI is InChI=1S/C65H130N2O2/c66-64(68)62-60-58-56-54-52-50-48-46-44-42-40-38-36-34-32-30-28-26-24-22-20-18-16-14-12-10-8-6-4-2-1-3-5-7-9-11-13-15-17-19-21-23-25-27-29-31-33-35-37-39-41-43-45-47-49-51-53-55-57-59-61-63-65(67)69/h1-63H2,(H2,66,68)(H2,67,69). The van der Waals surface area contributed by atoms with Crippen LogP contribution >= 0.6 is 0 Å². The Kier molecular flexibility index (Phi) is 62.1. The summed E-state index contributed by atoms with van der Waals surface area (Å²) in [5.41, 5.74) is 10.4. The summed E-state index contributed by atoms with van der Waals surface area (Å²) in [5, 5.41) is 0. The second-order valence-corrected chi connectivity index (χ2v) is 23.0. The smallest absolute Gasteiger partial charge is 0.217 e. The molecule has 4 heteroatoms. The van der Waals surface area contributed by atoms with Crippen molar-refractivity contribution < 1.29 is 9.59 Å². The summed E-state index contributed by atoms with van der Waals surface area (Å²) in [6.07, 6.45) is 88.2. The average Bonchev–Trinajstić information content (AvgIpc) is 3.34. The Morgan fingerprint density at radius 3 is 0.246 bits per heavy atom. The van der Waals surface area contributed by atoms with Crippen LogP contribution in [0.2, 0.25) is 0 Å². The minimum absolute atomic E-state index is 0.147. The normalized spacial score (nSPS) is 11.6. The predicted molar refractivity (Wildman–Crippen MR) is 309 cm³/mol. The highest BCUT2D eigenvalue weighted by molar-refractivity contribution is 5.73. The van der Waals surface area contributed by atoms with Crippen LogP contribution in [0, 0.1) is 0 Å². The number of nitrogens with two attached hydrogens (primary N) is 2. The number of carbonyl (C=O) groups excluding carboxylic acids is 2. The zero-order valence-electron chi connectivity index (χ0n) is 47.5. The van der Waals surface area contributed by atoms with Gasteiger partial charge in [0.05, 0.1) is 0 Å². The van der Waals surface area contributed by atoms with Crippen LogP contribution in [0.4, 0.5) is 0 Å². The molecular formula is C65H130N2O2. The number of unbranched alkanes of at least 4 members (excludes halogenated alkanes) is 60. The quantitative estimate of drug-likeness (QED) is 0.0595. The first kappa shape index (κ1) is 67.9. The van der Waals surface area contributed by atoms with Crippen molar-refractivity contribution in [3.05, 3.63) is 0 Å². The van der Waals surface area contributed by atoms with E-state index in [2.05, 4.69) is 0 Å². The molecule has 0 atom stereocenters. The minimum atomic E-state index is -0.147. The van der Waals surface area contributed by atoms with E-state index in [1.165, 1.54) is 379 Å². The number of rotatable bonds is 64. The second-order valence-electron chi connectivity index (χ2n) is 23.0. The molecule has 0 aromatic heterocycles. The molecule has 0 aliphatic carbocycles. The third-order valence-electron chi connectivity index (χ3n) is 15.8. The van der Waals surface area contributed by atoms with E-state index in [0.717, 1.165) is 12.8 Å². The number of carbonyl (C=O) groups is 2. The van der Waals surface area contributed by atoms with Gasteiger partial charge >= 0.3 is 0 Å². The summed E-state index contributed by atoms with van der Waals surface area (Å²) in [6.45, 7) is 0. The highest BCUT2D eigenvalue weighted by Crippen LogP contribution is 2.20. The van der Waals surface area contributed by atoms with Gasteiger partial charge in [-0.1, -0.05) is 379 Å². The van der Waals surface area contributed by atoms with E-state index < -0.39 is 0 Å². The van der Waals surface area contributed by atoms with Crippen LogP contribution in [0.25, 0.3) is 0 Å². The topological polar surface area (TPSA) is 86.2 Å². The van der Waals surface area contributed by atoms with E-state index in [9.17, 15) is 9.59 Å². The molecule has 0 fully saturated rings. The molecule has 0 aromatic carbocycles. The van der Waals surface area contributed by atoms with Gasteiger partial charge in [0.25, 0.3) is 0 Å². The molecule has 0 aliphatic rings. The van der Waals surface area contributed by atoms with Crippen LogP contribution in [0.3, 0.4) is 0 Å². The maximum atomic E-state index is 10.8. The first-order chi connectivity index (χ1) is 34.1. The molecule has 0 bridgehead atoms. The zero-order chi connectivity index (χ0) is 49.7. The van der Waals surface area contributed by atoms with Crippen molar-refractivity contribution in [1.82, 2.24) is 0 Å². The van der Waals surface area contributed by atoms with Gasteiger partial charge in [0.15, 0.2) is 0 Å². The Bertz CT molecular complexity index is 878.